The summed E-state index contributed by atoms with van der Waals surface area (Å²) in [7, 11) is 0. The first-order valence-electron chi connectivity index (χ1n) is 9.81. The third kappa shape index (κ3) is 5.32. The fourth-order valence-electron chi connectivity index (χ4n) is 3.32. The van der Waals surface area contributed by atoms with Crippen molar-refractivity contribution in [3.05, 3.63) is 57.5 Å². The molecule has 0 bridgehead atoms. The van der Waals surface area contributed by atoms with E-state index in [0.29, 0.717) is 25.9 Å². The number of aromatic nitrogens is 2. The molecule has 11 heteroatoms. The van der Waals surface area contributed by atoms with Crippen molar-refractivity contribution >= 4 is 17.5 Å². The first-order chi connectivity index (χ1) is 15.2. The minimum absolute atomic E-state index is 0.0871. The van der Waals surface area contributed by atoms with Crippen LogP contribution in [0.1, 0.15) is 36.6 Å². The smallest absolute Gasteiger partial charge is 0.416 e. The summed E-state index contributed by atoms with van der Waals surface area (Å²) >= 11 is 0. The number of nitro groups is 1. The van der Waals surface area contributed by atoms with E-state index in [-0.39, 0.29) is 41.3 Å². The van der Waals surface area contributed by atoms with Crippen LogP contribution in [0.15, 0.2) is 30.6 Å². The molecule has 1 aromatic heterocycles. The highest BCUT2D eigenvalue weighted by Gasteiger charge is 2.32. The van der Waals surface area contributed by atoms with Gasteiger partial charge in [0.15, 0.2) is 5.69 Å². The Morgan fingerprint density at radius 3 is 2.44 bits per heavy atom. The molecular weight excluding hydrogens is 429 g/mol. The summed E-state index contributed by atoms with van der Waals surface area (Å²) in [6, 6.07) is 4.14. The Morgan fingerprint density at radius 1 is 1.22 bits per heavy atom. The zero-order valence-corrected chi connectivity index (χ0v) is 17.1. The lowest BCUT2D eigenvalue weighted by atomic mass is 9.97. The fraction of sp³-hybridized carbons (Fsp3) is 0.381. The van der Waals surface area contributed by atoms with E-state index < -0.39 is 16.7 Å². The molecular formula is C21H19F3N4O4. The Bertz CT molecular complexity index is 1050. The summed E-state index contributed by atoms with van der Waals surface area (Å²) in [6.45, 7) is 2.75. The number of benzene rings is 1. The number of anilines is 1. The van der Waals surface area contributed by atoms with Crippen molar-refractivity contribution in [2.75, 3.05) is 24.6 Å². The monoisotopic (exact) mass is 448 g/mol. The molecule has 2 aromatic rings. The van der Waals surface area contributed by atoms with Crippen LogP contribution < -0.4 is 4.90 Å². The molecule has 0 N–H and O–H groups in total. The first-order valence-corrected chi connectivity index (χ1v) is 9.81. The first kappa shape index (κ1) is 23.0. The number of hydrogen-bond donors (Lipinski definition) is 0. The van der Waals surface area contributed by atoms with Gasteiger partial charge in [-0.3, -0.25) is 14.9 Å². The number of piperidine rings is 1. The average molecular weight is 448 g/mol. The Labute approximate surface area is 181 Å². The van der Waals surface area contributed by atoms with Gasteiger partial charge in [-0.1, -0.05) is 5.92 Å². The molecule has 168 valence electrons. The van der Waals surface area contributed by atoms with Crippen LogP contribution >= 0.6 is 0 Å². The molecule has 8 nitrogen and oxygen atoms in total. The van der Waals surface area contributed by atoms with E-state index in [1.807, 2.05) is 0 Å². The summed E-state index contributed by atoms with van der Waals surface area (Å²) in [5.74, 6) is 4.71. The second-order valence-corrected chi connectivity index (χ2v) is 6.99. The molecule has 0 amide bonds. The van der Waals surface area contributed by atoms with Gasteiger partial charge < -0.3 is 9.64 Å². The van der Waals surface area contributed by atoms with E-state index in [0.717, 1.165) is 18.5 Å². The molecule has 32 heavy (non-hydrogen) atoms. The lowest BCUT2D eigenvalue weighted by molar-refractivity contribution is -0.384. The lowest BCUT2D eigenvalue weighted by Crippen LogP contribution is -2.37. The number of nitrogens with zero attached hydrogens (tertiary/aromatic N) is 4. The Hall–Kier alpha value is -3.68. The average Bonchev–Trinajstić information content (AvgIpc) is 2.77. The standard InChI is InChI=1S/C21H19F3N4O4/c1-2-32-20(29)15-9-11-27(12-10-15)19-18(28(30)31)17(25-13-26-19)8-5-14-3-6-16(7-4-14)21(22,23)24/h3-4,6-7,13,15H,2,9-12H2,1H3. The highest BCUT2D eigenvalue weighted by molar-refractivity contribution is 5.73. The molecule has 1 aliphatic heterocycles. The van der Waals surface area contributed by atoms with Crippen molar-refractivity contribution in [1.29, 1.82) is 0 Å². The second-order valence-electron chi connectivity index (χ2n) is 6.99. The van der Waals surface area contributed by atoms with E-state index in [2.05, 4.69) is 21.8 Å². The van der Waals surface area contributed by atoms with E-state index in [1.54, 1.807) is 11.8 Å². The van der Waals surface area contributed by atoms with Crippen molar-refractivity contribution in [3.63, 3.8) is 0 Å². The van der Waals surface area contributed by atoms with Crippen LogP contribution in [-0.4, -0.2) is 40.6 Å². The normalized spacial score (nSPS) is 14.4. The molecule has 0 aliphatic carbocycles. The van der Waals surface area contributed by atoms with Gasteiger partial charge in [-0.25, -0.2) is 9.97 Å². The predicted octanol–water partition coefficient (Wildman–Crippen LogP) is 3.58. The molecule has 2 heterocycles. The number of halogens is 3. The van der Waals surface area contributed by atoms with Crippen molar-refractivity contribution < 1.29 is 27.6 Å². The Balaban J connectivity index is 1.83. The lowest BCUT2D eigenvalue weighted by Gasteiger charge is -2.31. The van der Waals surface area contributed by atoms with Crippen molar-refractivity contribution in [3.8, 4) is 11.8 Å². The summed E-state index contributed by atoms with van der Waals surface area (Å²) in [5, 5.41) is 11.7. The molecule has 0 saturated carbocycles. The van der Waals surface area contributed by atoms with Crippen LogP contribution in [0, 0.1) is 27.9 Å². The Kier molecular flexibility index (Phi) is 6.92. The van der Waals surface area contributed by atoms with Crippen molar-refractivity contribution in [2.24, 2.45) is 5.92 Å². The van der Waals surface area contributed by atoms with Gasteiger partial charge in [0, 0.05) is 18.7 Å². The van der Waals surface area contributed by atoms with Crippen LogP contribution in [0.4, 0.5) is 24.7 Å². The van der Waals surface area contributed by atoms with Gasteiger partial charge in [0.1, 0.15) is 6.33 Å². The molecule has 0 radical (unpaired) electrons. The number of alkyl halides is 3. The second kappa shape index (κ2) is 9.64. The molecule has 3 rings (SSSR count). The highest BCUT2D eigenvalue weighted by atomic mass is 19.4. The van der Waals surface area contributed by atoms with Crippen LogP contribution in [0.25, 0.3) is 0 Å². The van der Waals surface area contributed by atoms with Gasteiger partial charge in [-0.15, -0.1) is 0 Å². The van der Waals surface area contributed by atoms with Crippen LogP contribution in [0.2, 0.25) is 0 Å². The number of carbonyl (C=O) groups is 1. The van der Waals surface area contributed by atoms with Gasteiger partial charge in [-0.2, -0.15) is 13.2 Å². The van der Waals surface area contributed by atoms with Crippen molar-refractivity contribution in [2.45, 2.75) is 25.9 Å². The van der Waals surface area contributed by atoms with E-state index >= 15 is 0 Å². The minimum Gasteiger partial charge on any atom is -0.466 e. The number of rotatable bonds is 4. The summed E-state index contributed by atoms with van der Waals surface area (Å²) in [4.78, 5) is 32.6. The molecule has 1 saturated heterocycles. The number of carbonyl (C=O) groups excluding carboxylic acids is 1. The van der Waals surface area contributed by atoms with Gasteiger partial charge in [0.25, 0.3) is 0 Å². The molecule has 0 atom stereocenters. The minimum atomic E-state index is -4.47. The molecule has 1 fully saturated rings. The maximum atomic E-state index is 12.7. The van der Waals surface area contributed by atoms with E-state index in [4.69, 9.17) is 4.74 Å². The number of ether oxygens (including phenoxy) is 1. The highest BCUT2D eigenvalue weighted by Crippen LogP contribution is 2.32. The van der Waals surface area contributed by atoms with Crippen molar-refractivity contribution in [1.82, 2.24) is 9.97 Å². The fourth-order valence-corrected chi connectivity index (χ4v) is 3.32. The predicted molar refractivity (Wildman–Crippen MR) is 108 cm³/mol. The maximum absolute atomic E-state index is 12.7. The summed E-state index contributed by atoms with van der Waals surface area (Å²) in [5.41, 5.74) is -1.10. The van der Waals surface area contributed by atoms with Crippen LogP contribution in [-0.2, 0) is 15.7 Å². The molecule has 0 unspecified atom stereocenters. The van der Waals surface area contributed by atoms with Gasteiger partial charge in [0.05, 0.1) is 23.0 Å². The van der Waals surface area contributed by atoms with Crippen LogP contribution in [0.3, 0.4) is 0 Å². The van der Waals surface area contributed by atoms with Gasteiger partial charge in [-0.05, 0) is 50.0 Å². The summed E-state index contributed by atoms with van der Waals surface area (Å²) in [6.07, 6.45) is -2.39. The van der Waals surface area contributed by atoms with Gasteiger partial charge in [0.2, 0.25) is 5.82 Å². The zero-order valence-electron chi connectivity index (χ0n) is 17.1. The van der Waals surface area contributed by atoms with E-state index in [9.17, 15) is 28.1 Å². The third-order valence-corrected chi connectivity index (χ3v) is 4.94. The molecule has 0 spiro atoms. The zero-order chi connectivity index (χ0) is 23.3. The van der Waals surface area contributed by atoms with Gasteiger partial charge >= 0.3 is 17.8 Å². The van der Waals surface area contributed by atoms with E-state index in [1.165, 1.54) is 12.1 Å². The number of esters is 1. The quantitative estimate of drug-likeness (QED) is 0.305. The molecule has 1 aliphatic rings. The largest absolute Gasteiger partial charge is 0.466 e. The number of hydrogen-bond acceptors (Lipinski definition) is 7. The summed E-state index contributed by atoms with van der Waals surface area (Å²) < 4.78 is 43.1. The molecule has 1 aromatic carbocycles. The Morgan fingerprint density at radius 2 is 1.88 bits per heavy atom. The topological polar surface area (TPSA) is 98.5 Å². The SMILES string of the molecule is CCOC(=O)C1CCN(c2ncnc(C#Cc3ccc(C(F)(F)F)cc3)c2[N+](=O)[O-])CC1. The third-order valence-electron chi connectivity index (χ3n) is 4.94. The maximum Gasteiger partial charge on any atom is 0.416 e. The van der Waals surface area contributed by atoms with Crippen LogP contribution in [0.5, 0.6) is 0 Å².